The number of rotatable bonds is 4. The molecule has 0 saturated heterocycles. The molecule has 0 spiro atoms. The molecule has 1 fully saturated rings. The highest BCUT2D eigenvalue weighted by atomic mass is 35.5. The number of benzene rings is 1. The normalized spacial score (nSPS) is 16.8. The largest absolute Gasteiger partial charge is 0.394 e. The van der Waals surface area contributed by atoms with Crippen molar-refractivity contribution in [2.75, 3.05) is 6.61 Å². The molecule has 0 radical (unpaired) electrons. The minimum Gasteiger partial charge on any atom is -0.394 e. The van der Waals surface area contributed by atoms with Gasteiger partial charge in [0.1, 0.15) is 0 Å². The van der Waals surface area contributed by atoms with E-state index in [0.717, 1.165) is 12.8 Å². The zero-order chi connectivity index (χ0) is 13.2. The van der Waals surface area contributed by atoms with E-state index in [0.29, 0.717) is 15.6 Å². The maximum atomic E-state index is 11.6. The van der Waals surface area contributed by atoms with Crippen LogP contribution in [0.1, 0.15) is 18.4 Å². The molecule has 2 rings (SSSR count). The topological polar surface area (TPSA) is 49.3 Å². The first-order valence-corrected chi connectivity index (χ1v) is 6.36. The summed E-state index contributed by atoms with van der Waals surface area (Å²) in [6.45, 7) is -0.0233. The van der Waals surface area contributed by atoms with Crippen LogP contribution >= 0.6 is 23.2 Å². The number of aliphatic hydroxyl groups excluding tert-OH is 1. The minimum absolute atomic E-state index is 0.0233. The predicted octanol–water partition coefficient (Wildman–Crippen LogP) is 2.65. The summed E-state index contributed by atoms with van der Waals surface area (Å²) < 4.78 is 0. The van der Waals surface area contributed by atoms with Crippen LogP contribution in [-0.4, -0.2) is 23.2 Å². The van der Waals surface area contributed by atoms with E-state index in [2.05, 4.69) is 5.32 Å². The fourth-order valence-corrected chi connectivity index (χ4v) is 1.95. The van der Waals surface area contributed by atoms with E-state index in [4.69, 9.17) is 28.3 Å². The van der Waals surface area contributed by atoms with E-state index >= 15 is 0 Å². The van der Waals surface area contributed by atoms with Crippen molar-refractivity contribution in [2.45, 2.75) is 18.4 Å². The molecule has 3 nitrogen and oxygen atoms in total. The Balaban J connectivity index is 2.02. The SMILES string of the molecule is O=C(/C=C/c1cc(Cl)ccc1Cl)NC1(CO)CC1. The zero-order valence-corrected chi connectivity index (χ0v) is 11.1. The highest BCUT2D eigenvalue weighted by Gasteiger charge is 2.42. The molecule has 1 aliphatic rings. The lowest BCUT2D eigenvalue weighted by Gasteiger charge is -2.11. The highest BCUT2D eigenvalue weighted by Crippen LogP contribution is 2.34. The van der Waals surface area contributed by atoms with E-state index in [-0.39, 0.29) is 12.5 Å². The lowest BCUT2D eigenvalue weighted by molar-refractivity contribution is -0.117. The molecule has 1 aromatic carbocycles. The minimum atomic E-state index is -0.403. The Morgan fingerprint density at radius 1 is 1.44 bits per heavy atom. The van der Waals surface area contributed by atoms with Crippen molar-refractivity contribution in [3.63, 3.8) is 0 Å². The summed E-state index contributed by atoms with van der Waals surface area (Å²) in [5.41, 5.74) is 0.285. The smallest absolute Gasteiger partial charge is 0.244 e. The van der Waals surface area contributed by atoms with Gasteiger partial charge in [0.05, 0.1) is 12.1 Å². The molecule has 2 N–H and O–H groups in total. The maximum Gasteiger partial charge on any atom is 0.244 e. The number of carbonyl (C=O) groups is 1. The van der Waals surface area contributed by atoms with Gasteiger partial charge in [0, 0.05) is 16.1 Å². The number of aliphatic hydroxyl groups is 1. The van der Waals surface area contributed by atoms with Crippen LogP contribution in [0, 0.1) is 0 Å². The molecule has 0 bridgehead atoms. The van der Waals surface area contributed by atoms with Gasteiger partial charge in [0.2, 0.25) is 5.91 Å². The summed E-state index contributed by atoms with van der Waals surface area (Å²) in [6, 6.07) is 5.05. The number of nitrogens with one attached hydrogen (secondary N) is 1. The third-order valence-electron chi connectivity index (χ3n) is 2.92. The van der Waals surface area contributed by atoms with Gasteiger partial charge in [-0.25, -0.2) is 0 Å². The average molecular weight is 286 g/mol. The molecule has 0 aromatic heterocycles. The molecule has 1 saturated carbocycles. The van der Waals surface area contributed by atoms with Gasteiger partial charge in [0.15, 0.2) is 0 Å². The molecule has 0 atom stereocenters. The van der Waals surface area contributed by atoms with E-state index in [1.807, 2.05) is 0 Å². The van der Waals surface area contributed by atoms with Gasteiger partial charge in [-0.2, -0.15) is 0 Å². The zero-order valence-electron chi connectivity index (χ0n) is 9.62. The molecule has 0 heterocycles. The lowest BCUT2D eigenvalue weighted by Crippen LogP contribution is -2.38. The van der Waals surface area contributed by atoms with E-state index < -0.39 is 5.54 Å². The Kier molecular flexibility index (Phi) is 3.95. The molecular formula is C13H13Cl2NO2. The monoisotopic (exact) mass is 285 g/mol. The quantitative estimate of drug-likeness (QED) is 0.836. The molecule has 96 valence electrons. The van der Waals surface area contributed by atoms with Crippen LogP contribution in [0.2, 0.25) is 10.0 Å². The predicted molar refractivity (Wildman–Crippen MR) is 72.7 cm³/mol. The second-order valence-corrected chi connectivity index (χ2v) is 5.27. The summed E-state index contributed by atoms with van der Waals surface area (Å²) in [7, 11) is 0. The van der Waals surface area contributed by atoms with Crippen LogP contribution in [0.25, 0.3) is 6.08 Å². The number of amides is 1. The van der Waals surface area contributed by atoms with Crippen molar-refractivity contribution in [3.05, 3.63) is 39.9 Å². The highest BCUT2D eigenvalue weighted by molar-refractivity contribution is 6.34. The van der Waals surface area contributed by atoms with Crippen LogP contribution in [-0.2, 0) is 4.79 Å². The standard InChI is InChI=1S/C13H13Cl2NO2/c14-10-2-3-11(15)9(7-10)1-4-12(18)16-13(8-17)5-6-13/h1-4,7,17H,5-6,8H2,(H,16,18)/b4-1+. The Morgan fingerprint density at radius 3 is 2.78 bits per heavy atom. The molecule has 0 aliphatic heterocycles. The number of carbonyl (C=O) groups excluding carboxylic acids is 1. The summed E-state index contributed by atoms with van der Waals surface area (Å²) in [6.07, 6.45) is 4.65. The first kappa shape index (κ1) is 13.4. The van der Waals surface area contributed by atoms with Crippen LogP contribution in [0.3, 0.4) is 0 Å². The molecule has 5 heteroatoms. The summed E-state index contributed by atoms with van der Waals surface area (Å²) in [4.78, 5) is 11.6. The maximum absolute atomic E-state index is 11.6. The third-order valence-corrected chi connectivity index (χ3v) is 3.50. The lowest BCUT2D eigenvalue weighted by atomic mass is 10.2. The van der Waals surface area contributed by atoms with Gasteiger partial charge in [-0.15, -0.1) is 0 Å². The van der Waals surface area contributed by atoms with E-state index in [9.17, 15) is 4.79 Å². The Hall–Kier alpha value is -1.03. The first-order valence-electron chi connectivity index (χ1n) is 5.61. The Bertz CT molecular complexity index is 496. The Labute approximate surface area is 115 Å². The van der Waals surface area contributed by atoms with Crippen LogP contribution in [0.15, 0.2) is 24.3 Å². The second-order valence-electron chi connectivity index (χ2n) is 4.43. The van der Waals surface area contributed by atoms with Crippen LogP contribution in [0.5, 0.6) is 0 Å². The molecule has 1 aromatic rings. The summed E-state index contributed by atoms with van der Waals surface area (Å²) in [5.74, 6) is -0.238. The Morgan fingerprint density at radius 2 is 2.17 bits per heavy atom. The van der Waals surface area contributed by atoms with Gasteiger partial charge < -0.3 is 10.4 Å². The number of hydrogen-bond donors (Lipinski definition) is 2. The van der Waals surface area contributed by atoms with Crippen molar-refractivity contribution in [3.8, 4) is 0 Å². The molecule has 1 aliphatic carbocycles. The van der Waals surface area contributed by atoms with Gasteiger partial charge in [-0.05, 0) is 42.7 Å². The van der Waals surface area contributed by atoms with Gasteiger partial charge >= 0.3 is 0 Å². The van der Waals surface area contributed by atoms with Crippen molar-refractivity contribution in [1.29, 1.82) is 0 Å². The molecule has 1 amide bonds. The third kappa shape index (κ3) is 3.25. The van der Waals surface area contributed by atoms with Gasteiger partial charge in [-0.1, -0.05) is 23.2 Å². The fraction of sp³-hybridized carbons (Fsp3) is 0.308. The molecule has 0 unspecified atom stereocenters. The first-order chi connectivity index (χ1) is 8.54. The van der Waals surface area contributed by atoms with Crippen LogP contribution in [0.4, 0.5) is 0 Å². The molecule has 18 heavy (non-hydrogen) atoms. The van der Waals surface area contributed by atoms with Crippen molar-refractivity contribution in [2.24, 2.45) is 0 Å². The summed E-state index contributed by atoms with van der Waals surface area (Å²) >= 11 is 11.8. The summed E-state index contributed by atoms with van der Waals surface area (Å²) in [5, 5.41) is 13.0. The van der Waals surface area contributed by atoms with Crippen molar-refractivity contribution >= 4 is 35.2 Å². The number of halogens is 2. The van der Waals surface area contributed by atoms with E-state index in [1.54, 1.807) is 24.3 Å². The van der Waals surface area contributed by atoms with Gasteiger partial charge in [0.25, 0.3) is 0 Å². The van der Waals surface area contributed by atoms with Crippen molar-refractivity contribution in [1.82, 2.24) is 5.32 Å². The van der Waals surface area contributed by atoms with Crippen molar-refractivity contribution < 1.29 is 9.90 Å². The van der Waals surface area contributed by atoms with E-state index in [1.165, 1.54) is 6.08 Å². The second kappa shape index (κ2) is 5.31. The fourth-order valence-electron chi connectivity index (χ4n) is 1.58. The van der Waals surface area contributed by atoms with Crippen LogP contribution < -0.4 is 5.32 Å². The van der Waals surface area contributed by atoms with Gasteiger partial charge in [-0.3, -0.25) is 4.79 Å². The number of hydrogen-bond acceptors (Lipinski definition) is 2. The molecular weight excluding hydrogens is 273 g/mol. The average Bonchev–Trinajstić information content (AvgIpc) is 3.11.